The Labute approximate surface area is 262 Å². The average Bonchev–Trinajstić information content (AvgIpc) is 3.41. The standard InChI is InChI=1S/C41H28N4/c1-41(2)34-16-4-7-19-38(34)44(39-20-8-5-17-35(39)41)30-13-9-11-28(24-30)31-15-10-12-29(26-43)40(31)45-36-18-6-3-14-32(36)33-23-27(25-42)21-22-37(33)45/h3-24H,1-2H3. The molecule has 0 saturated heterocycles. The minimum Gasteiger partial charge on any atom is -0.310 e. The van der Waals surface area contributed by atoms with Crippen LogP contribution in [0.2, 0.25) is 0 Å². The van der Waals surface area contributed by atoms with Gasteiger partial charge < -0.3 is 9.47 Å². The molecular weight excluding hydrogens is 548 g/mol. The van der Waals surface area contributed by atoms with Gasteiger partial charge in [0.25, 0.3) is 0 Å². The van der Waals surface area contributed by atoms with E-state index in [1.807, 2.05) is 42.5 Å². The molecule has 0 amide bonds. The molecule has 0 bridgehead atoms. The highest BCUT2D eigenvalue weighted by molar-refractivity contribution is 6.10. The molecule has 0 N–H and O–H groups in total. The Morgan fingerprint density at radius 2 is 1.24 bits per heavy atom. The normalized spacial score (nSPS) is 13.2. The number of anilines is 3. The molecule has 212 valence electrons. The molecular formula is C41H28N4. The van der Waals surface area contributed by atoms with E-state index in [1.165, 1.54) is 22.5 Å². The van der Waals surface area contributed by atoms with E-state index >= 15 is 0 Å². The Hall–Kier alpha value is -6.10. The number of nitriles is 2. The molecule has 2 heterocycles. The molecule has 45 heavy (non-hydrogen) atoms. The number of benzene rings is 6. The summed E-state index contributed by atoms with van der Waals surface area (Å²) in [5, 5.41) is 22.1. The Morgan fingerprint density at radius 3 is 1.98 bits per heavy atom. The smallest absolute Gasteiger partial charge is 0.101 e. The fraction of sp³-hybridized carbons (Fsp3) is 0.0732. The van der Waals surface area contributed by atoms with Crippen LogP contribution in [-0.4, -0.2) is 4.57 Å². The highest BCUT2D eigenvalue weighted by Crippen LogP contribution is 2.52. The van der Waals surface area contributed by atoms with Gasteiger partial charge in [-0.1, -0.05) is 92.7 Å². The SMILES string of the molecule is CC1(C)c2ccccc2N(c2cccc(-c3cccc(C#N)c3-n3c4ccccc4c4cc(C#N)ccc43)c2)c2ccccc21. The van der Waals surface area contributed by atoms with Crippen molar-refractivity contribution in [2.45, 2.75) is 19.3 Å². The predicted octanol–water partition coefficient (Wildman–Crippen LogP) is 10.3. The van der Waals surface area contributed by atoms with Crippen molar-refractivity contribution in [3.63, 3.8) is 0 Å². The zero-order chi connectivity index (χ0) is 30.7. The van der Waals surface area contributed by atoms with Crippen LogP contribution >= 0.6 is 0 Å². The number of nitrogens with zero attached hydrogens (tertiary/aromatic N) is 4. The van der Waals surface area contributed by atoms with Gasteiger partial charge in [-0.05, 0) is 71.3 Å². The molecule has 7 aromatic rings. The summed E-state index contributed by atoms with van der Waals surface area (Å²) in [5.41, 5.74) is 11.7. The van der Waals surface area contributed by atoms with E-state index in [-0.39, 0.29) is 5.41 Å². The first-order valence-corrected chi connectivity index (χ1v) is 15.1. The third-order valence-electron chi connectivity index (χ3n) is 9.23. The van der Waals surface area contributed by atoms with Crippen molar-refractivity contribution in [2.24, 2.45) is 0 Å². The molecule has 4 nitrogen and oxygen atoms in total. The summed E-state index contributed by atoms with van der Waals surface area (Å²) in [7, 11) is 0. The van der Waals surface area contributed by atoms with E-state index in [0.717, 1.165) is 44.3 Å². The van der Waals surface area contributed by atoms with Crippen LogP contribution in [-0.2, 0) is 5.41 Å². The molecule has 0 aliphatic carbocycles. The predicted molar refractivity (Wildman–Crippen MR) is 182 cm³/mol. The fourth-order valence-corrected chi connectivity index (χ4v) is 7.15. The number of rotatable bonds is 3. The summed E-state index contributed by atoms with van der Waals surface area (Å²) in [6.45, 7) is 4.59. The van der Waals surface area contributed by atoms with Gasteiger partial charge >= 0.3 is 0 Å². The first-order valence-electron chi connectivity index (χ1n) is 15.1. The van der Waals surface area contributed by atoms with E-state index in [0.29, 0.717) is 11.1 Å². The lowest BCUT2D eigenvalue weighted by Crippen LogP contribution is -2.30. The van der Waals surface area contributed by atoms with Gasteiger partial charge in [0, 0.05) is 27.4 Å². The Balaban J connectivity index is 1.38. The van der Waals surface area contributed by atoms with E-state index in [4.69, 9.17) is 0 Å². The van der Waals surface area contributed by atoms with Crippen molar-refractivity contribution in [1.29, 1.82) is 10.5 Å². The summed E-state index contributed by atoms with van der Waals surface area (Å²) in [6.07, 6.45) is 0. The Morgan fingerprint density at radius 1 is 0.578 bits per heavy atom. The van der Waals surface area contributed by atoms with Gasteiger partial charge in [-0.2, -0.15) is 10.5 Å². The van der Waals surface area contributed by atoms with Crippen molar-refractivity contribution in [1.82, 2.24) is 4.57 Å². The molecule has 0 unspecified atom stereocenters. The molecule has 0 atom stereocenters. The maximum absolute atomic E-state index is 10.4. The molecule has 1 aliphatic rings. The number of para-hydroxylation sites is 4. The minimum absolute atomic E-state index is 0.141. The maximum atomic E-state index is 10.4. The third-order valence-corrected chi connectivity index (χ3v) is 9.23. The van der Waals surface area contributed by atoms with Crippen molar-refractivity contribution in [3.8, 4) is 29.0 Å². The van der Waals surface area contributed by atoms with E-state index in [9.17, 15) is 10.5 Å². The second-order valence-electron chi connectivity index (χ2n) is 12.1. The van der Waals surface area contributed by atoms with Gasteiger partial charge in [0.15, 0.2) is 0 Å². The molecule has 1 aromatic heterocycles. The lowest BCUT2D eigenvalue weighted by molar-refractivity contribution is 0.632. The van der Waals surface area contributed by atoms with E-state index in [1.54, 1.807) is 0 Å². The quantitative estimate of drug-likeness (QED) is 0.210. The second-order valence-corrected chi connectivity index (χ2v) is 12.1. The minimum atomic E-state index is -0.141. The highest BCUT2D eigenvalue weighted by Gasteiger charge is 2.36. The van der Waals surface area contributed by atoms with Crippen LogP contribution in [0.3, 0.4) is 0 Å². The van der Waals surface area contributed by atoms with Crippen LogP contribution in [0.15, 0.2) is 133 Å². The number of fused-ring (bicyclic) bond motifs is 5. The van der Waals surface area contributed by atoms with Crippen LogP contribution in [0.4, 0.5) is 17.1 Å². The van der Waals surface area contributed by atoms with Crippen molar-refractivity contribution in [2.75, 3.05) is 4.90 Å². The molecule has 4 heteroatoms. The number of aromatic nitrogens is 1. The van der Waals surface area contributed by atoms with Crippen LogP contribution in [0, 0.1) is 22.7 Å². The largest absolute Gasteiger partial charge is 0.310 e. The van der Waals surface area contributed by atoms with Gasteiger partial charge in [0.05, 0.1) is 45.3 Å². The zero-order valence-corrected chi connectivity index (χ0v) is 25.0. The summed E-state index contributed by atoms with van der Waals surface area (Å²) in [4.78, 5) is 2.36. The first-order chi connectivity index (χ1) is 22.0. The van der Waals surface area contributed by atoms with E-state index < -0.39 is 0 Å². The Kier molecular flexibility index (Phi) is 5.88. The van der Waals surface area contributed by atoms with Gasteiger partial charge in [-0.15, -0.1) is 0 Å². The topological polar surface area (TPSA) is 55.8 Å². The van der Waals surface area contributed by atoms with Crippen LogP contribution in [0.25, 0.3) is 38.6 Å². The highest BCUT2D eigenvalue weighted by atomic mass is 15.2. The molecule has 0 fully saturated rings. The molecule has 8 rings (SSSR count). The van der Waals surface area contributed by atoms with Crippen LogP contribution in [0.1, 0.15) is 36.1 Å². The van der Waals surface area contributed by atoms with Crippen molar-refractivity contribution < 1.29 is 0 Å². The van der Waals surface area contributed by atoms with Crippen LogP contribution in [0.5, 0.6) is 0 Å². The first kappa shape index (κ1) is 26.5. The second kappa shape index (κ2) is 9.98. The van der Waals surface area contributed by atoms with Gasteiger partial charge in [0.1, 0.15) is 6.07 Å². The fourth-order valence-electron chi connectivity index (χ4n) is 7.15. The van der Waals surface area contributed by atoms with Gasteiger partial charge in [-0.3, -0.25) is 0 Å². The molecule has 1 aliphatic heterocycles. The summed E-state index contributed by atoms with van der Waals surface area (Å²) in [6, 6.07) is 50.6. The van der Waals surface area contributed by atoms with Crippen LogP contribution < -0.4 is 4.90 Å². The number of hydrogen-bond acceptors (Lipinski definition) is 3. The molecule has 6 aromatic carbocycles. The van der Waals surface area contributed by atoms with Gasteiger partial charge in [0.2, 0.25) is 0 Å². The summed E-state index contributed by atoms with van der Waals surface area (Å²) < 4.78 is 2.18. The lowest BCUT2D eigenvalue weighted by Gasteiger charge is -2.42. The zero-order valence-electron chi connectivity index (χ0n) is 25.0. The monoisotopic (exact) mass is 576 g/mol. The van der Waals surface area contributed by atoms with Gasteiger partial charge in [-0.25, -0.2) is 0 Å². The summed E-state index contributed by atoms with van der Waals surface area (Å²) in [5.74, 6) is 0. The maximum Gasteiger partial charge on any atom is 0.101 e. The number of hydrogen-bond donors (Lipinski definition) is 0. The third kappa shape index (κ3) is 3.90. The summed E-state index contributed by atoms with van der Waals surface area (Å²) >= 11 is 0. The average molecular weight is 577 g/mol. The Bertz CT molecular complexity index is 2350. The van der Waals surface area contributed by atoms with Crippen molar-refractivity contribution >= 4 is 38.9 Å². The van der Waals surface area contributed by atoms with Crippen molar-refractivity contribution in [3.05, 3.63) is 156 Å². The molecule has 0 spiro atoms. The molecule has 0 radical (unpaired) electrons. The lowest BCUT2D eigenvalue weighted by atomic mass is 9.73. The van der Waals surface area contributed by atoms with E-state index in [2.05, 4.69) is 126 Å². The molecule has 0 saturated carbocycles.